The SMILES string of the molecule is CCCCCN1C(=O)NC(=O)[C@]2(Cc3c(nc4ccccn4c3=O)N3CCCCC[C@H]32)C1=O. The Morgan fingerprint density at radius 1 is 1.12 bits per heavy atom. The number of rotatable bonds is 4. The normalized spacial score (nSPS) is 25.1. The van der Waals surface area contributed by atoms with Gasteiger partial charge in [0.2, 0.25) is 11.8 Å². The van der Waals surface area contributed by atoms with Gasteiger partial charge < -0.3 is 4.90 Å². The maximum atomic E-state index is 14.0. The average Bonchev–Trinajstić information content (AvgIpc) is 3.07. The predicted octanol–water partition coefficient (Wildman–Crippen LogP) is 2.25. The number of aromatic nitrogens is 2. The number of unbranched alkanes of at least 4 members (excludes halogenated alkanes) is 2. The standard InChI is InChI=1S/C24H29N5O4/c1-2-3-7-14-29-22(32)24(21(31)26-23(29)33)15-16-19(27-12-8-4-5-10-17(24)27)25-18-11-6-9-13-28(18)20(16)30/h6,9,11,13,17H,2-5,7-8,10,12,14-15H2,1H3,(H,26,31,33)/t17-,24+/m0/s1. The molecule has 0 saturated carbocycles. The Hall–Kier alpha value is -3.23. The topological polar surface area (TPSA) is 104 Å². The Labute approximate surface area is 191 Å². The monoisotopic (exact) mass is 451 g/mol. The van der Waals surface area contributed by atoms with Gasteiger partial charge in [0.25, 0.3) is 5.56 Å². The molecule has 2 atom stereocenters. The van der Waals surface area contributed by atoms with Gasteiger partial charge in [0.05, 0.1) is 11.6 Å². The lowest BCUT2D eigenvalue weighted by molar-refractivity contribution is -0.153. The van der Waals surface area contributed by atoms with Gasteiger partial charge in [-0.05, 0) is 31.4 Å². The van der Waals surface area contributed by atoms with Crippen LogP contribution in [0.25, 0.3) is 5.65 Å². The van der Waals surface area contributed by atoms with Crippen molar-refractivity contribution in [3.8, 4) is 0 Å². The van der Waals surface area contributed by atoms with Crippen LogP contribution in [0.1, 0.15) is 57.4 Å². The van der Waals surface area contributed by atoms with Crippen molar-refractivity contribution < 1.29 is 14.4 Å². The number of carbonyl (C=O) groups is 3. The summed E-state index contributed by atoms with van der Waals surface area (Å²) in [7, 11) is 0. The van der Waals surface area contributed by atoms with Gasteiger partial charge in [-0.15, -0.1) is 0 Å². The van der Waals surface area contributed by atoms with Crippen LogP contribution in [0, 0.1) is 5.41 Å². The van der Waals surface area contributed by atoms with E-state index in [1.54, 1.807) is 18.3 Å². The van der Waals surface area contributed by atoms with Crippen molar-refractivity contribution in [2.75, 3.05) is 18.0 Å². The van der Waals surface area contributed by atoms with Gasteiger partial charge in [-0.25, -0.2) is 9.78 Å². The molecule has 0 radical (unpaired) electrons. The molecule has 1 spiro atoms. The third-order valence-electron chi connectivity index (χ3n) is 7.34. The fourth-order valence-electron chi connectivity index (χ4n) is 5.66. The molecule has 3 aliphatic rings. The van der Waals surface area contributed by atoms with E-state index in [1.165, 1.54) is 9.30 Å². The first-order valence-electron chi connectivity index (χ1n) is 11.9. The fraction of sp³-hybridized carbons (Fsp3) is 0.542. The van der Waals surface area contributed by atoms with Crippen LogP contribution in [0.15, 0.2) is 29.2 Å². The molecule has 33 heavy (non-hydrogen) atoms. The molecular weight excluding hydrogens is 422 g/mol. The first kappa shape index (κ1) is 21.6. The molecule has 5 rings (SSSR count). The lowest BCUT2D eigenvalue weighted by Crippen LogP contribution is -2.72. The van der Waals surface area contributed by atoms with Crippen LogP contribution in [0.3, 0.4) is 0 Å². The summed E-state index contributed by atoms with van der Waals surface area (Å²) in [6, 6.07) is 4.26. The minimum atomic E-state index is -1.51. The van der Waals surface area contributed by atoms with Crippen molar-refractivity contribution in [1.82, 2.24) is 19.6 Å². The number of fused-ring (bicyclic) bond motifs is 5. The summed E-state index contributed by atoms with van der Waals surface area (Å²) in [5, 5.41) is 2.46. The van der Waals surface area contributed by atoms with Crippen LogP contribution < -0.4 is 15.8 Å². The number of nitrogens with one attached hydrogen (secondary N) is 1. The molecule has 9 nitrogen and oxygen atoms in total. The maximum absolute atomic E-state index is 14.0. The third kappa shape index (κ3) is 3.24. The van der Waals surface area contributed by atoms with Gasteiger partial charge in [0, 0.05) is 25.7 Å². The second kappa shape index (κ2) is 8.28. The van der Waals surface area contributed by atoms with Crippen LogP contribution in [0.5, 0.6) is 0 Å². The maximum Gasteiger partial charge on any atom is 0.330 e. The second-order valence-electron chi connectivity index (χ2n) is 9.28. The van der Waals surface area contributed by atoms with Crippen LogP contribution in [0.2, 0.25) is 0 Å². The van der Waals surface area contributed by atoms with Gasteiger partial charge in [-0.3, -0.25) is 29.0 Å². The predicted molar refractivity (Wildman–Crippen MR) is 122 cm³/mol. The number of urea groups is 1. The van der Waals surface area contributed by atoms with Crippen molar-refractivity contribution in [2.45, 2.75) is 64.3 Å². The summed E-state index contributed by atoms with van der Waals surface area (Å²) in [5.74, 6) is -0.504. The fourth-order valence-corrected chi connectivity index (χ4v) is 5.66. The number of anilines is 1. The van der Waals surface area contributed by atoms with E-state index in [4.69, 9.17) is 4.98 Å². The van der Waals surface area contributed by atoms with E-state index in [0.717, 1.165) is 32.1 Å². The molecule has 2 aromatic heterocycles. The van der Waals surface area contributed by atoms with Gasteiger partial charge in [0.15, 0.2) is 5.41 Å². The Morgan fingerprint density at radius 2 is 1.97 bits per heavy atom. The number of hydrogen-bond donors (Lipinski definition) is 1. The number of barbiturate groups is 1. The summed E-state index contributed by atoms with van der Waals surface area (Å²) in [6.07, 6.45) is 7.47. The van der Waals surface area contributed by atoms with Crippen molar-refractivity contribution in [2.24, 2.45) is 5.41 Å². The van der Waals surface area contributed by atoms with Crippen LogP contribution in [-0.4, -0.2) is 51.3 Å². The van der Waals surface area contributed by atoms with Crippen molar-refractivity contribution in [3.05, 3.63) is 40.3 Å². The van der Waals surface area contributed by atoms with Crippen LogP contribution in [-0.2, 0) is 16.0 Å². The number of amides is 4. The molecule has 2 saturated heterocycles. The zero-order valence-electron chi connectivity index (χ0n) is 18.9. The van der Waals surface area contributed by atoms with E-state index in [-0.39, 0.29) is 18.5 Å². The molecule has 0 aliphatic carbocycles. The number of pyridine rings is 1. The molecule has 0 unspecified atom stereocenters. The van der Waals surface area contributed by atoms with E-state index < -0.39 is 29.3 Å². The van der Waals surface area contributed by atoms with Crippen molar-refractivity contribution in [3.63, 3.8) is 0 Å². The van der Waals surface area contributed by atoms with Gasteiger partial charge in [0.1, 0.15) is 11.5 Å². The third-order valence-corrected chi connectivity index (χ3v) is 7.34. The summed E-state index contributed by atoms with van der Waals surface area (Å²) in [5.41, 5.74) is -0.881. The molecule has 5 heterocycles. The summed E-state index contributed by atoms with van der Waals surface area (Å²) in [4.78, 5) is 61.6. The zero-order valence-corrected chi connectivity index (χ0v) is 18.9. The summed E-state index contributed by atoms with van der Waals surface area (Å²) < 4.78 is 1.46. The molecule has 1 N–H and O–H groups in total. The highest BCUT2D eigenvalue weighted by Crippen LogP contribution is 2.45. The lowest BCUT2D eigenvalue weighted by Gasteiger charge is -2.50. The molecular formula is C24H29N5O4. The molecule has 4 amide bonds. The minimum Gasteiger partial charge on any atom is -0.352 e. The van der Waals surface area contributed by atoms with Crippen molar-refractivity contribution in [1.29, 1.82) is 0 Å². The summed E-state index contributed by atoms with van der Waals surface area (Å²) in [6.45, 7) is 2.93. The largest absolute Gasteiger partial charge is 0.352 e. The van der Waals surface area contributed by atoms with Crippen molar-refractivity contribution >= 4 is 29.3 Å². The lowest BCUT2D eigenvalue weighted by atomic mass is 9.68. The molecule has 174 valence electrons. The molecule has 0 aromatic carbocycles. The Kier molecular flexibility index (Phi) is 5.42. The Balaban J connectivity index is 1.68. The summed E-state index contributed by atoms with van der Waals surface area (Å²) >= 11 is 0. The highest BCUT2D eigenvalue weighted by Gasteiger charge is 2.62. The Bertz CT molecular complexity index is 1190. The number of carbonyl (C=O) groups excluding carboxylic acids is 3. The molecule has 2 fully saturated rings. The first-order valence-corrected chi connectivity index (χ1v) is 11.9. The zero-order chi connectivity index (χ0) is 23.2. The minimum absolute atomic E-state index is 0.0462. The van der Waals surface area contributed by atoms with E-state index in [0.29, 0.717) is 36.4 Å². The van der Waals surface area contributed by atoms with Gasteiger partial charge in [-0.1, -0.05) is 38.7 Å². The molecule has 2 aromatic rings. The van der Waals surface area contributed by atoms with E-state index in [2.05, 4.69) is 12.2 Å². The van der Waals surface area contributed by atoms with Gasteiger partial charge in [-0.2, -0.15) is 0 Å². The quantitative estimate of drug-likeness (QED) is 0.565. The molecule has 0 bridgehead atoms. The average molecular weight is 452 g/mol. The molecule has 3 aliphatic heterocycles. The first-order chi connectivity index (χ1) is 16.0. The van der Waals surface area contributed by atoms with Crippen LogP contribution in [0.4, 0.5) is 10.6 Å². The Morgan fingerprint density at radius 3 is 2.79 bits per heavy atom. The number of hydrogen-bond acceptors (Lipinski definition) is 6. The highest BCUT2D eigenvalue weighted by molar-refractivity contribution is 6.20. The van der Waals surface area contributed by atoms with Crippen LogP contribution >= 0.6 is 0 Å². The number of imide groups is 2. The molecule has 9 heteroatoms. The van der Waals surface area contributed by atoms with E-state index in [9.17, 15) is 19.2 Å². The second-order valence-corrected chi connectivity index (χ2v) is 9.28. The smallest absolute Gasteiger partial charge is 0.330 e. The van der Waals surface area contributed by atoms with Gasteiger partial charge >= 0.3 is 6.03 Å². The highest BCUT2D eigenvalue weighted by atomic mass is 16.2. The number of nitrogens with zero attached hydrogens (tertiary/aromatic N) is 4. The van der Waals surface area contributed by atoms with E-state index in [1.807, 2.05) is 11.0 Å². The van der Waals surface area contributed by atoms with E-state index >= 15 is 0 Å².